The maximum Gasteiger partial charge on any atom is 0.187 e. The molecular weight excluding hydrogens is 745 g/mol. The fraction of sp³-hybridized carbons (Fsp3) is 0.500. The minimum absolute atomic E-state index is 0.0302. The molecule has 0 radical (unpaired) electrons. The van der Waals surface area contributed by atoms with Crippen molar-refractivity contribution in [2.45, 2.75) is 114 Å². The van der Waals surface area contributed by atoms with Gasteiger partial charge in [-0.1, -0.05) is 61.8 Å². The smallest absolute Gasteiger partial charge is 0.187 e. The van der Waals surface area contributed by atoms with E-state index in [9.17, 15) is 25.2 Å². The number of carbonyl (C=O) groups excluding carboxylic acids is 1. The third-order valence-corrected chi connectivity index (χ3v) is 14.3. The van der Waals surface area contributed by atoms with Crippen LogP contribution in [0.4, 0.5) is 0 Å². The molecule has 5 heterocycles. The van der Waals surface area contributed by atoms with Crippen molar-refractivity contribution in [3.05, 3.63) is 87.3 Å². The molecule has 1 spiro atoms. The van der Waals surface area contributed by atoms with Crippen molar-refractivity contribution in [1.29, 1.82) is 0 Å². The van der Waals surface area contributed by atoms with Crippen molar-refractivity contribution in [3.8, 4) is 41.1 Å². The van der Waals surface area contributed by atoms with Crippen LogP contribution in [0.1, 0.15) is 117 Å². The van der Waals surface area contributed by atoms with Crippen molar-refractivity contribution in [1.82, 2.24) is 10.2 Å². The first-order valence-electron chi connectivity index (χ1n) is 21.4. The average molecular weight is 797 g/mol. The fourth-order valence-corrected chi connectivity index (χ4v) is 11.2. The van der Waals surface area contributed by atoms with Gasteiger partial charge in [-0.3, -0.25) is 15.1 Å². The van der Waals surface area contributed by atoms with Gasteiger partial charge in [0.05, 0.1) is 35.4 Å². The SMILES string of the molecule is CC1C=CC(C(O)CC(=O)CCc2cc3c(cc2O)OC#CC2(CCCC2)C2C#CC(O)c4ccc5c6c4C(CCC6CNC5N)C4=C5CN(C=C5N=C4)C2O3)C(O)C1. The lowest BCUT2D eigenvalue weighted by molar-refractivity contribution is -0.122. The summed E-state index contributed by atoms with van der Waals surface area (Å²) in [5, 5.41) is 48.3. The van der Waals surface area contributed by atoms with Crippen molar-refractivity contribution in [2.24, 2.45) is 33.9 Å². The molecule has 11 nitrogen and oxygen atoms in total. The molecule has 8 aliphatic rings. The Morgan fingerprint density at radius 3 is 2.76 bits per heavy atom. The van der Waals surface area contributed by atoms with E-state index in [1.54, 1.807) is 6.07 Å². The number of nitrogens with two attached hydrogens (primary N) is 1. The predicted octanol–water partition coefficient (Wildman–Crippen LogP) is 5.26. The molecule has 2 aromatic carbocycles. The first-order valence-corrected chi connectivity index (χ1v) is 21.4. The van der Waals surface area contributed by atoms with Gasteiger partial charge in [-0.05, 0) is 89.8 Å². The van der Waals surface area contributed by atoms with Gasteiger partial charge in [0.1, 0.15) is 23.7 Å². The summed E-state index contributed by atoms with van der Waals surface area (Å²) in [4.78, 5) is 20.3. The van der Waals surface area contributed by atoms with E-state index in [-0.39, 0.29) is 54.5 Å². The molecule has 11 heteroatoms. The Kier molecular flexibility index (Phi) is 9.74. The van der Waals surface area contributed by atoms with Crippen molar-refractivity contribution < 1.29 is 34.7 Å². The van der Waals surface area contributed by atoms with Gasteiger partial charge in [0.25, 0.3) is 0 Å². The summed E-state index contributed by atoms with van der Waals surface area (Å²) in [5.74, 6) is 10.4. The summed E-state index contributed by atoms with van der Waals surface area (Å²) in [5.41, 5.74) is 14.0. The highest BCUT2D eigenvalue weighted by Gasteiger charge is 2.49. The quantitative estimate of drug-likeness (QED) is 0.168. The molecule has 0 saturated heterocycles. The Morgan fingerprint density at radius 1 is 1.10 bits per heavy atom. The number of allylic oxidation sites excluding steroid dienone is 2. The zero-order chi connectivity index (χ0) is 40.6. The normalized spacial score (nSPS) is 32.2. The largest absolute Gasteiger partial charge is 0.508 e. The van der Waals surface area contributed by atoms with E-state index in [0.29, 0.717) is 30.2 Å². The zero-order valence-electron chi connectivity index (χ0n) is 33.4. The minimum atomic E-state index is -1.06. The standard InChI is InChI=1S/C48H52N4O7/c1-26-4-8-31(40(56)18-26)41(57)20-29(53)7-5-27-19-43-42(21-39(27)55)58-17-16-48(14-2-3-15-48)36-12-13-38(54)32-10-11-33-44-28(22-51-46(33)49)6-9-30(45(32)44)34-23-50-37-25-52(24-35(34)37)47(36)59-43/h4,8,10-11,19,21,23,25-26,28,30-31,36,38,40-41,46-47,51,54-57H,2-3,5-7,9,14-15,18,20,22,24,49H2,1H3. The van der Waals surface area contributed by atoms with Crippen LogP contribution in [0.15, 0.2) is 64.5 Å². The lowest BCUT2D eigenvalue weighted by atomic mass is 9.68. The number of ketones is 1. The van der Waals surface area contributed by atoms with Gasteiger partial charge >= 0.3 is 0 Å². The molecule has 10 atom stereocenters. The van der Waals surface area contributed by atoms with Gasteiger partial charge in [-0.15, -0.1) is 0 Å². The van der Waals surface area contributed by atoms with Crippen molar-refractivity contribution in [3.63, 3.8) is 0 Å². The number of fused-ring (bicyclic) bond motifs is 6. The lowest BCUT2D eigenvalue weighted by Crippen LogP contribution is -2.47. The molecular formula is C48H52N4O7. The molecule has 5 aliphatic heterocycles. The third kappa shape index (κ3) is 6.68. The van der Waals surface area contributed by atoms with Crippen LogP contribution >= 0.6 is 0 Å². The molecule has 306 valence electrons. The van der Waals surface area contributed by atoms with Crippen LogP contribution in [0.3, 0.4) is 0 Å². The molecule has 1 saturated carbocycles. The van der Waals surface area contributed by atoms with E-state index in [4.69, 9.17) is 20.2 Å². The number of phenolic OH excluding ortho intramolecular Hbond substituents is 1. The first-order chi connectivity index (χ1) is 28.6. The van der Waals surface area contributed by atoms with Crippen LogP contribution < -0.4 is 20.5 Å². The second kappa shape index (κ2) is 15.0. The number of aliphatic hydroxyl groups excluding tert-OH is 3. The highest BCUT2D eigenvalue weighted by molar-refractivity contribution is 5.89. The minimum Gasteiger partial charge on any atom is -0.508 e. The Labute approximate surface area is 345 Å². The Balaban J connectivity index is 1.02. The maximum atomic E-state index is 13.2. The van der Waals surface area contributed by atoms with E-state index < -0.39 is 41.8 Å². The number of aromatic hydroxyl groups is 1. The molecule has 10 rings (SSSR count). The number of aliphatic imine (C=N–C) groups is 1. The zero-order valence-corrected chi connectivity index (χ0v) is 33.4. The van der Waals surface area contributed by atoms with E-state index in [2.05, 4.69) is 46.4 Å². The summed E-state index contributed by atoms with van der Waals surface area (Å²) in [6, 6.07) is 7.29. The maximum absolute atomic E-state index is 13.2. The van der Waals surface area contributed by atoms with Gasteiger partial charge in [-0.2, -0.15) is 0 Å². The monoisotopic (exact) mass is 796 g/mol. The number of benzene rings is 2. The second-order valence-electron chi connectivity index (χ2n) is 18.0. The Morgan fingerprint density at radius 2 is 1.93 bits per heavy atom. The number of aryl methyl sites for hydroxylation is 1. The average Bonchev–Trinajstić information content (AvgIpc) is 3.96. The summed E-state index contributed by atoms with van der Waals surface area (Å²) in [6.45, 7) is 3.36. The van der Waals surface area contributed by atoms with Gasteiger partial charge in [0.15, 0.2) is 17.7 Å². The van der Waals surface area contributed by atoms with Crippen molar-refractivity contribution in [2.75, 3.05) is 13.1 Å². The van der Waals surface area contributed by atoms with Crippen LogP contribution in [-0.2, 0) is 11.2 Å². The number of hydrogen-bond donors (Lipinski definition) is 6. The number of phenols is 1. The van der Waals surface area contributed by atoms with Crippen LogP contribution in [-0.4, -0.2) is 68.8 Å². The van der Waals surface area contributed by atoms with E-state index >= 15 is 0 Å². The van der Waals surface area contributed by atoms with E-state index in [1.165, 1.54) is 11.6 Å². The van der Waals surface area contributed by atoms with Gasteiger partial charge in [-0.25, -0.2) is 0 Å². The van der Waals surface area contributed by atoms with Gasteiger partial charge < -0.3 is 40.5 Å². The third-order valence-electron chi connectivity index (χ3n) is 14.3. The number of Topliss-reactive ketones (excluding diaryl/α,β-unsaturated/α-hetero) is 1. The highest BCUT2D eigenvalue weighted by Crippen LogP contribution is 2.53. The molecule has 0 amide bonds. The lowest BCUT2D eigenvalue weighted by Gasteiger charge is -2.41. The molecule has 2 bridgehead atoms. The topological polar surface area (TPSA) is 170 Å². The predicted molar refractivity (Wildman–Crippen MR) is 221 cm³/mol. The number of aliphatic hydroxyl groups is 3. The number of hydrogen-bond acceptors (Lipinski definition) is 11. The molecule has 10 unspecified atom stereocenters. The molecule has 0 aromatic heterocycles. The van der Waals surface area contributed by atoms with E-state index in [1.807, 2.05) is 31.4 Å². The van der Waals surface area contributed by atoms with Gasteiger partial charge in [0, 0.05) is 61.8 Å². The number of ether oxygens (including phenoxy) is 2. The summed E-state index contributed by atoms with van der Waals surface area (Å²) in [6.07, 6.45) is 13.3. The molecule has 59 heavy (non-hydrogen) atoms. The molecule has 1 fully saturated rings. The molecule has 3 aliphatic carbocycles. The Bertz CT molecular complexity index is 2340. The van der Waals surface area contributed by atoms with Crippen LogP contribution in [0.2, 0.25) is 0 Å². The Hall–Kier alpha value is -4.88. The molecule has 2 aromatic rings. The van der Waals surface area contributed by atoms with Crippen molar-refractivity contribution >= 4 is 12.0 Å². The van der Waals surface area contributed by atoms with Crippen LogP contribution in [0, 0.1) is 47.0 Å². The summed E-state index contributed by atoms with van der Waals surface area (Å²) >= 11 is 0. The number of rotatable bonds is 6. The molecule has 7 N–H and O–H groups in total. The number of carbonyl (C=O) groups is 1. The summed E-state index contributed by atoms with van der Waals surface area (Å²) in [7, 11) is 0. The first kappa shape index (κ1) is 38.3. The second-order valence-corrected chi connectivity index (χ2v) is 18.0. The summed E-state index contributed by atoms with van der Waals surface area (Å²) < 4.78 is 13.2. The van der Waals surface area contributed by atoms with Crippen LogP contribution in [0.5, 0.6) is 17.2 Å². The number of nitrogens with zero attached hydrogens (tertiary/aromatic N) is 2. The van der Waals surface area contributed by atoms with Gasteiger partial charge in [0.2, 0.25) is 0 Å². The van der Waals surface area contributed by atoms with E-state index in [0.717, 1.165) is 78.6 Å². The van der Waals surface area contributed by atoms with Crippen LogP contribution in [0.25, 0.3) is 0 Å². The number of nitrogens with one attached hydrogen (secondary N) is 1. The highest BCUT2D eigenvalue weighted by atomic mass is 16.5. The fourth-order valence-electron chi connectivity index (χ4n) is 11.2.